The fraction of sp³-hybridized carbons (Fsp3) is 0.400. The van der Waals surface area contributed by atoms with E-state index in [9.17, 15) is 14.0 Å². The summed E-state index contributed by atoms with van der Waals surface area (Å²) < 4.78 is 19.9. The van der Waals surface area contributed by atoms with Crippen LogP contribution in [-0.4, -0.2) is 33.5 Å². The zero-order valence-electron chi connectivity index (χ0n) is 8.80. The Morgan fingerprint density at radius 2 is 2.29 bits per heavy atom. The Hall–Kier alpha value is -1.73. The molecule has 1 aromatic rings. The highest BCUT2D eigenvalue weighted by atomic mass is 19.1. The zero-order valence-corrected chi connectivity index (χ0v) is 8.80. The number of halogens is 1. The van der Waals surface area contributed by atoms with Crippen molar-refractivity contribution in [3.63, 3.8) is 0 Å². The van der Waals surface area contributed by atoms with Gasteiger partial charge in [0.15, 0.2) is 12.4 Å². The van der Waals surface area contributed by atoms with E-state index in [4.69, 9.17) is 9.84 Å². The molecule has 1 aromatic heterocycles. The van der Waals surface area contributed by atoms with Gasteiger partial charge in [0.25, 0.3) is 5.56 Å². The topological polar surface area (TPSA) is 84.3 Å². The van der Waals surface area contributed by atoms with E-state index < -0.39 is 36.4 Å². The quantitative estimate of drug-likeness (QED) is 0.673. The minimum absolute atomic E-state index is 0.0793. The second-order valence-electron chi connectivity index (χ2n) is 3.69. The van der Waals surface area contributed by atoms with Gasteiger partial charge < -0.3 is 9.84 Å². The van der Waals surface area contributed by atoms with Gasteiger partial charge in [-0.25, -0.2) is 9.18 Å². The molecular weight excluding hydrogens is 231 g/mol. The van der Waals surface area contributed by atoms with Crippen molar-refractivity contribution in [3.05, 3.63) is 45.3 Å². The smallest absolute Gasteiger partial charge is 0.330 e. The number of nitrogens with one attached hydrogen (secondary N) is 1. The molecule has 0 bridgehead atoms. The van der Waals surface area contributed by atoms with Crippen LogP contribution in [0, 0.1) is 0 Å². The van der Waals surface area contributed by atoms with Gasteiger partial charge in [-0.3, -0.25) is 14.3 Å². The largest absolute Gasteiger partial charge is 0.393 e. The molecule has 0 aliphatic carbocycles. The summed E-state index contributed by atoms with van der Waals surface area (Å²) >= 11 is 0. The first-order valence-corrected chi connectivity index (χ1v) is 4.95. The summed E-state index contributed by atoms with van der Waals surface area (Å²) in [4.78, 5) is 24.3. The summed E-state index contributed by atoms with van der Waals surface area (Å²) in [6.45, 7) is 3.05. The molecule has 0 aromatic carbocycles. The molecule has 3 unspecified atom stereocenters. The van der Waals surface area contributed by atoms with Gasteiger partial charge in [-0.05, 0) is 5.57 Å². The maximum atomic E-state index is 13.8. The van der Waals surface area contributed by atoms with E-state index in [1.807, 2.05) is 4.98 Å². The predicted octanol–water partition coefficient (Wildman–Crippen LogP) is -0.679. The Morgan fingerprint density at radius 1 is 1.59 bits per heavy atom. The van der Waals surface area contributed by atoms with Crippen molar-refractivity contribution < 1.29 is 14.2 Å². The SMILES string of the molecule is C=C1C(CO)OC(n2ccc(=O)[nH]c2=O)C1F. The highest BCUT2D eigenvalue weighted by Crippen LogP contribution is 2.33. The average Bonchev–Trinajstić information content (AvgIpc) is 2.57. The van der Waals surface area contributed by atoms with E-state index in [1.54, 1.807) is 0 Å². The van der Waals surface area contributed by atoms with Crippen LogP contribution in [0.4, 0.5) is 4.39 Å². The van der Waals surface area contributed by atoms with E-state index >= 15 is 0 Å². The van der Waals surface area contributed by atoms with E-state index in [-0.39, 0.29) is 5.57 Å². The summed E-state index contributed by atoms with van der Waals surface area (Å²) in [5, 5.41) is 8.93. The maximum Gasteiger partial charge on any atom is 0.330 e. The van der Waals surface area contributed by atoms with Gasteiger partial charge in [0, 0.05) is 12.3 Å². The van der Waals surface area contributed by atoms with Gasteiger partial charge in [0.05, 0.1) is 6.61 Å². The summed E-state index contributed by atoms with van der Waals surface area (Å²) in [5.41, 5.74) is -1.26. The second-order valence-corrected chi connectivity index (χ2v) is 3.69. The summed E-state index contributed by atoms with van der Waals surface area (Å²) in [6.07, 6.45) is -2.50. The molecule has 2 rings (SSSR count). The van der Waals surface area contributed by atoms with Crippen molar-refractivity contribution in [2.45, 2.75) is 18.5 Å². The number of hydrogen-bond donors (Lipinski definition) is 2. The molecular formula is C10H11FN2O4. The number of rotatable bonds is 2. The van der Waals surface area contributed by atoms with Gasteiger partial charge in [-0.15, -0.1) is 0 Å². The van der Waals surface area contributed by atoms with Crippen LogP contribution in [0.15, 0.2) is 34.0 Å². The molecule has 1 fully saturated rings. The molecule has 3 atom stereocenters. The van der Waals surface area contributed by atoms with Crippen molar-refractivity contribution in [1.29, 1.82) is 0 Å². The highest BCUT2D eigenvalue weighted by Gasteiger charge is 2.40. The first-order chi connectivity index (χ1) is 8.04. The summed E-state index contributed by atoms with van der Waals surface area (Å²) in [7, 11) is 0. The standard InChI is InChI=1S/C10H11FN2O4/c1-5-6(4-14)17-9(8(5)11)13-3-2-7(15)12-10(13)16/h2-3,6,8-9,14H,1,4H2,(H,12,15,16). The fourth-order valence-corrected chi connectivity index (χ4v) is 1.68. The average molecular weight is 242 g/mol. The highest BCUT2D eigenvalue weighted by molar-refractivity contribution is 5.15. The number of hydrogen-bond acceptors (Lipinski definition) is 4. The first kappa shape index (κ1) is 11.7. The van der Waals surface area contributed by atoms with E-state index in [0.717, 1.165) is 16.8 Å². The summed E-state index contributed by atoms with van der Waals surface area (Å²) in [5.74, 6) is 0. The Bertz CT molecular complexity index is 550. The third-order valence-corrected chi connectivity index (χ3v) is 2.61. The monoisotopic (exact) mass is 242 g/mol. The van der Waals surface area contributed by atoms with Crippen LogP contribution >= 0.6 is 0 Å². The van der Waals surface area contributed by atoms with Crippen molar-refractivity contribution in [1.82, 2.24) is 9.55 Å². The lowest BCUT2D eigenvalue weighted by molar-refractivity contribution is -0.0375. The molecule has 0 radical (unpaired) electrons. The number of aliphatic hydroxyl groups excluding tert-OH is 1. The minimum Gasteiger partial charge on any atom is -0.393 e. The summed E-state index contributed by atoms with van der Waals surface area (Å²) in [6, 6.07) is 1.09. The van der Waals surface area contributed by atoms with Crippen molar-refractivity contribution in [3.8, 4) is 0 Å². The first-order valence-electron chi connectivity index (χ1n) is 4.95. The molecule has 92 valence electrons. The fourth-order valence-electron chi connectivity index (χ4n) is 1.68. The number of H-pyrrole nitrogens is 1. The Kier molecular flexibility index (Phi) is 2.95. The van der Waals surface area contributed by atoms with E-state index in [2.05, 4.69) is 6.58 Å². The third kappa shape index (κ3) is 1.94. The van der Waals surface area contributed by atoms with Crippen molar-refractivity contribution in [2.24, 2.45) is 0 Å². The predicted molar refractivity (Wildman–Crippen MR) is 56.4 cm³/mol. The number of alkyl halides is 1. The van der Waals surface area contributed by atoms with Gasteiger partial charge in [-0.1, -0.05) is 6.58 Å². The number of aliphatic hydroxyl groups is 1. The molecule has 2 heterocycles. The van der Waals surface area contributed by atoms with Gasteiger partial charge in [0.2, 0.25) is 0 Å². The lowest BCUT2D eigenvalue weighted by atomic mass is 10.1. The van der Waals surface area contributed by atoms with Crippen LogP contribution in [0.2, 0.25) is 0 Å². The molecule has 1 aliphatic heterocycles. The molecule has 6 nitrogen and oxygen atoms in total. The minimum atomic E-state index is -1.60. The van der Waals surface area contributed by atoms with Gasteiger partial charge >= 0.3 is 5.69 Å². The Morgan fingerprint density at radius 3 is 2.82 bits per heavy atom. The zero-order chi connectivity index (χ0) is 12.6. The van der Waals surface area contributed by atoms with Crippen LogP contribution in [0.25, 0.3) is 0 Å². The molecule has 1 saturated heterocycles. The second kappa shape index (κ2) is 4.27. The Labute approximate surface area is 95.0 Å². The normalized spacial score (nSPS) is 28.6. The maximum absolute atomic E-state index is 13.8. The van der Waals surface area contributed by atoms with Gasteiger partial charge in [-0.2, -0.15) is 0 Å². The lowest BCUT2D eigenvalue weighted by Crippen LogP contribution is -2.34. The molecule has 1 aliphatic rings. The van der Waals surface area contributed by atoms with E-state index in [1.165, 1.54) is 0 Å². The molecule has 2 N–H and O–H groups in total. The van der Waals surface area contributed by atoms with Crippen LogP contribution in [0.1, 0.15) is 6.23 Å². The molecule has 7 heteroatoms. The van der Waals surface area contributed by atoms with Crippen LogP contribution in [0.3, 0.4) is 0 Å². The molecule has 0 spiro atoms. The number of aromatic nitrogens is 2. The molecule has 17 heavy (non-hydrogen) atoms. The molecule has 0 amide bonds. The van der Waals surface area contributed by atoms with Gasteiger partial charge in [0.1, 0.15) is 6.10 Å². The third-order valence-electron chi connectivity index (χ3n) is 2.61. The Balaban J connectivity index is 2.39. The van der Waals surface area contributed by atoms with E-state index in [0.29, 0.717) is 0 Å². The molecule has 0 saturated carbocycles. The van der Waals surface area contributed by atoms with Crippen LogP contribution in [-0.2, 0) is 4.74 Å². The van der Waals surface area contributed by atoms with Crippen LogP contribution < -0.4 is 11.2 Å². The number of nitrogens with zero attached hydrogens (tertiary/aromatic N) is 1. The number of ether oxygens (including phenoxy) is 1. The van der Waals surface area contributed by atoms with Crippen LogP contribution in [0.5, 0.6) is 0 Å². The number of aromatic amines is 1. The lowest BCUT2D eigenvalue weighted by Gasteiger charge is -2.14. The van der Waals surface area contributed by atoms with Crippen molar-refractivity contribution in [2.75, 3.05) is 6.61 Å². The van der Waals surface area contributed by atoms with Crippen molar-refractivity contribution >= 4 is 0 Å².